The van der Waals surface area contributed by atoms with Crippen molar-refractivity contribution in [3.8, 4) is 0 Å². The highest BCUT2D eigenvalue weighted by atomic mass is 16.2. The molecule has 3 aliphatic rings. The Morgan fingerprint density at radius 1 is 0.735 bits per heavy atom. The molecule has 1 unspecified atom stereocenters. The van der Waals surface area contributed by atoms with Crippen LogP contribution in [-0.2, 0) is 9.59 Å². The fourth-order valence-electron chi connectivity index (χ4n) is 6.53. The Bertz CT molecular complexity index is 606. The molecule has 0 saturated heterocycles. The second-order valence-corrected chi connectivity index (χ2v) is 11.2. The molecule has 0 aromatic carbocycles. The highest BCUT2D eigenvalue weighted by Gasteiger charge is 2.33. The first kappa shape index (κ1) is 27.4. The second-order valence-electron chi connectivity index (χ2n) is 11.2. The average Bonchev–Trinajstić information content (AvgIpc) is 2.87. The van der Waals surface area contributed by atoms with Gasteiger partial charge in [-0.3, -0.25) is 9.59 Å². The van der Waals surface area contributed by atoms with Crippen LogP contribution in [0.1, 0.15) is 84.0 Å². The minimum absolute atomic E-state index is 0.0811. The van der Waals surface area contributed by atoms with Crippen molar-refractivity contribution in [1.82, 2.24) is 26.6 Å². The first-order valence-corrected chi connectivity index (χ1v) is 14.2. The molecule has 0 aromatic heterocycles. The minimum Gasteiger partial charge on any atom is -0.353 e. The van der Waals surface area contributed by atoms with Crippen LogP contribution in [0.4, 0.5) is 0 Å². The molecule has 0 aliphatic heterocycles. The highest BCUT2D eigenvalue weighted by molar-refractivity contribution is 5.81. The summed E-state index contributed by atoms with van der Waals surface area (Å²) in [6.07, 6.45) is 12.5. The van der Waals surface area contributed by atoms with Gasteiger partial charge in [0.15, 0.2) is 0 Å². The van der Waals surface area contributed by atoms with E-state index >= 15 is 0 Å². The molecule has 2 amide bonds. The maximum Gasteiger partial charge on any atom is 0.223 e. The third-order valence-electron chi connectivity index (χ3n) is 8.83. The number of nitrogens with one attached hydrogen (secondary N) is 5. The Kier molecular flexibility index (Phi) is 11.6. The Labute approximate surface area is 207 Å². The zero-order valence-corrected chi connectivity index (χ0v) is 22.0. The number of carbonyl (C=O) groups is 2. The van der Waals surface area contributed by atoms with Gasteiger partial charge in [0.25, 0.3) is 0 Å². The SMILES string of the molecule is CCNCC(NC)C1CCC(NC(=O)C2CCC(C(=O)NC3CCC(CNC)CC3)CC2)CC1. The van der Waals surface area contributed by atoms with Gasteiger partial charge in [0.2, 0.25) is 11.8 Å². The fraction of sp³-hybridized carbons (Fsp3) is 0.926. The van der Waals surface area contributed by atoms with E-state index in [2.05, 4.69) is 40.6 Å². The Morgan fingerprint density at radius 2 is 1.24 bits per heavy atom. The molecule has 3 saturated carbocycles. The summed E-state index contributed by atoms with van der Waals surface area (Å²) in [6.45, 7) is 5.26. The molecule has 3 rings (SSSR count). The zero-order valence-electron chi connectivity index (χ0n) is 22.0. The lowest BCUT2D eigenvalue weighted by molar-refractivity contribution is -0.131. The zero-order chi connectivity index (χ0) is 24.3. The standard InChI is InChI=1S/C27H51N5O2/c1-4-30-18-25(29-3)20-11-15-24(16-12-20)32-27(34)22-9-7-21(8-10-22)26(33)31-23-13-5-19(6-14-23)17-28-2/h19-25,28-30H,4-18H2,1-3H3,(H,31,33)(H,32,34). The van der Waals surface area contributed by atoms with E-state index in [9.17, 15) is 9.59 Å². The molecule has 0 bridgehead atoms. The van der Waals surface area contributed by atoms with Crippen molar-refractivity contribution in [2.24, 2.45) is 23.7 Å². The third-order valence-corrected chi connectivity index (χ3v) is 8.83. The van der Waals surface area contributed by atoms with Crippen molar-refractivity contribution < 1.29 is 9.59 Å². The van der Waals surface area contributed by atoms with Crippen molar-refractivity contribution in [1.29, 1.82) is 0 Å². The number of hydrogen-bond donors (Lipinski definition) is 5. The molecule has 34 heavy (non-hydrogen) atoms. The van der Waals surface area contributed by atoms with Crippen molar-refractivity contribution in [2.45, 2.75) is 102 Å². The third kappa shape index (κ3) is 8.20. The molecule has 196 valence electrons. The van der Waals surface area contributed by atoms with E-state index in [1.165, 1.54) is 25.7 Å². The summed E-state index contributed by atoms with van der Waals surface area (Å²) >= 11 is 0. The monoisotopic (exact) mass is 477 g/mol. The van der Waals surface area contributed by atoms with Gasteiger partial charge >= 0.3 is 0 Å². The summed E-state index contributed by atoms with van der Waals surface area (Å²) in [6, 6.07) is 1.18. The van der Waals surface area contributed by atoms with E-state index in [4.69, 9.17) is 0 Å². The van der Waals surface area contributed by atoms with Crippen LogP contribution < -0.4 is 26.6 Å². The average molecular weight is 478 g/mol. The van der Waals surface area contributed by atoms with E-state index in [1.807, 2.05) is 7.05 Å². The second kappa shape index (κ2) is 14.4. The first-order chi connectivity index (χ1) is 16.5. The van der Waals surface area contributed by atoms with Gasteiger partial charge in [0, 0.05) is 36.5 Å². The van der Waals surface area contributed by atoms with Crippen LogP contribution in [0.25, 0.3) is 0 Å². The summed E-state index contributed by atoms with van der Waals surface area (Å²) in [5.74, 6) is 2.06. The van der Waals surface area contributed by atoms with Gasteiger partial charge in [-0.2, -0.15) is 0 Å². The van der Waals surface area contributed by atoms with Gasteiger partial charge in [0.1, 0.15) is 0 Å². The molecule has 0 aromatic rings. The van der Waals surface area contributed by atoms with E-state index in [1.54, 1.807) is 0 Å². The molecular weight excluding hydrogens is 426 g/mol. The highest BCUT2D eigenvalue weighted by Crippen LogP contribution is 2.32. The summed E-state index contributed by atoms with van der Waals surface area (Å²) in [5.41, 5.74) is 0. The van der Waals surface area contributed by atoms with Crippen molar-refractivity contribution in [3.05, 3.63) is 0 Å². The van der Waals surface area contributed by atoms with Crippen LogP contribution in [0, 0.1) is 23.7 Å². The Balaban J connectivity index is 1.32. The number of carbonyl (C=O) groups excluding carboxylic acids is 2. The largest absolute Gasteiger partial charge is 0.353 e. The van der Waals surface area contributed by atoms with E-state index in [-0.39, 0.29) is 23.7 Å². The molecule has 5 N–H and O–H groups in total. The van der Waals surface area contributed by atoms with E-state index in [0.717, 1.165) is 76.9 Å². The number of hydrogen-bond acceptors (Lipinski definition) is 5. The van der Waals surface area contributed by atoms with Crippen LogP contribution in [0.15, 0.2) is 0 Å². The van der Waals surface area contributed by atoms with E-state index < -0.39 is 0 Å². The Hall–Kier alpha value is -1.18. The fourth-order valence-corrected chi connectivity index (χ4v) is 6.53. The lowest BCUT2D eigenvalue weighted by Crippen LogP contribution is -2.47. The number of likely N-dealkylation sites (N-methyl/N-ethyl adjacent to an activating group) is 2. The van der Waals surface area contributed by atoms with Gasteiger partial charge in [-0.05, 0) is 116 Å². The molecule has 1 atom stereocenters. The molecule has 3 fully saturated rings. The molecule has 0 radical (unpaired) electrons. The van der Waals surface area contributed by atoms with Gasteiger partial charge in [-0.25, -0.2) is 0 Å². The summed E-state index contributed by atoms with van der Waals surface area (Å²) in [4.78, 5) is 25.7. The predicted molar refractivity (Wildman–Crippen MR) is 139 cm³/mol. The summed E-state index contributed by atoms with van der Waals surface area (Å²) in [7, 11) is 4.07. The lowest BCUT2D eigenvalue weighted by atomic mass is 9.79. The molecular formula is C27H51N5O2. The molecule has 7 nitrogen and oxygen atoms in total. The number of amides is 2. The summed E-state index contributed by atoms with van der Waals surface area (Å²) in [5, 5.41) is 16.9. The van der Waals surface area contributed by atoms with Crippen molar-refractivity contribution in [3.63, 3.8) is 0 Å². The van der Waals surface area contributed by atoms with Gasteiger partial charge in [0.05, 0.1) is 0 Å². The normalized spacial score (nSPS) is 33.1. The maximum absolute atomic E-state index is 12.9. The predicted octanol–water partition coefficient (Wildman–Crippen LogP) is 2.56. The van der Waals surface area contributed by atoms with Crippen LogP contribution in [0.2, 0.25) is 0 Å². The van der Waals surface area contributed by atoms with Crippen LogP contribution >= 0.6 is 0 Å². The van der Waals surface area contributed by atoms with Gasteiger partial charge in [-0.15, -0.1) is 0 Å². The van der Waals surface area contributed by atoms with Crippen molar-refractivity contribution in [2.75, 3.05) is 33.7 Å². The smallest absolute Gasteiger partial charge is 0.223 e. The number of rotatable bonds is 11. The maximum atomic E-state index is 12.9. The van der Waals surface area contributed by atoms with Crippen molar-refractivity contribution >= 4 is 11.8 Å². The quantitative estimate of drug-likeness (QED) is 0.315. The van der Waals surface area contributed by atoms with Gasteiger partial charge in [-0.1, -0.05) is 6.92 Å². The molecule has 7 heteroatoms. The minimum atomic E-state index is 0.0811. The first-order valence-electron chi connectivity index (χ1n) is 14.2. The van der Waals surface area contributed by atoms with Crippen LogP contribution in [0.5, 0.6) is 0 Å². The van der Waals surface area contributed by atoms with Gasteiger partial charge < -0.3 is 26.6 Å². The molecule has 0 heterocycles. The summed E-state index contributed by atoms with van der Waals surface area (Å²) < 4.78 is 0. The van der Waals surface area contributed by atoms with E-state index in [0.29, 0.717) is 24.0 Å². The Morgan fingerprint density at radius 3 is 1.68 bits per heavy atom. The van der Waals surface area contributed by atoms with Crippen LogP contribution in [-0.4, -0.2) is 63.7 Å². The molecule has 3 aliphatic carbocycles. The topological polar surface area (TPSA) is 94.3 Å². The lowest BCUT2D eigenvalue weighted by Gasteiger charge is -2.35. The van der Waals surface area contributed by atoms with Crippen LogP contribution in [0.3, 0.4) is 0 Å². The molecule has 0 spiro atoms.